The second-order valence-electron chi connectivity index (χ2n) is 7.08. The number of esters is 1. The van der Waals surface area contributed by atoms with Crippen molar-refractivity contribution in [1.29, 1.82) is 0 Å². The van der Waals surface area contributed by atoms with Gasteiger partial charge in [0.15, 0.2) is 6.10 Å². The summed E-state index contributed by atoms with van der Waals surface area (Å²) in [6.07, 6.45) is 6.94. The van der Waals surface area contributed by atoms with Gasteiger partial charge in [0.05, 0.1) is 7.11 Å². The number of carbonyl (C=O) groups excluding carboxylic acids is 1. The number of carbonyl (C=O) groups is 1. The van der Waals surface area contributed by atoms with E-state index in [1.54, 1.807) is 11.3 Å². The Morgan fingerprint density at radius 2 is 1.92 bits per heavy atom. The molecule has 0 N–H and O–H groups in total. The Morgan fingerprint density at radius 3 is 2.69 bits per heavy atom. The van der Waals surface area contributed by atoms with Crippen LogP contribution in [0.4, 0.5) is 0 Å². The first kappa shape index (κ1) is 19.1. The molecule has 1 aliphatic heterocycles. The number of hydrogen-bond acceptors (Lipinski definition) is 4. The van der Waals surface area contributed by atoms with E-state index in [1.807, 2.05) is 0 Å². The predicted octanol–water partition coefficient (Wildman–Crippen LogP) is 5.66. The quantitative estimate of drug-likeness (QED) is 0.307. The molecule has 26 heavy (non-hydrogen) atoms. The van der Waals surface area contributed by atoms with Crippen molar-refractivity contribution in [2.45, 2.75) is 63.6 Å². The fourth-order valence-electron chi connectivity index (χ4n) is 3.52. The zero-order valence-corrected chi connectivity index (χ0v) is 16.5. The first-order valence-electron chi connectivity index (χ1n) is 9.55. The third-order valence-corrected chi connectivity index (χ3v) is 6.27. The number of epoxide rings is 1. The summed E-state index contributed by atoms with van der Waals surface area (Å²) in [5.74, 6) is 0.250. The lowest BCUT2D eigenvalue weighted by Crippen LogP contribution is -2.09. The van der Waals surface area contributed by atoms with E-state index in [-0.39, 0.29) is 12.1 Å². The second-order valence-corrected chi connectivity index (χ2v) is 8.03. The van der Waals surface area contributed by atoms with Crippen LogP contribution in [0.15, 0.2) is 41.8 Å². The minimum atomic E-state index is -0.404. The van der Waals surface area contributed by atoms with Crippen LogP contribution < -0.4 is 0 Å². The molecule has 3 unspecified atom stereocenters. The third kappa shape index (κ3) is 4.95. The average Bonchev–Trinajstić information content (AvgIpc) is 3.32. The van der Waals surface area contributed by atoms with Crippen molar-refractivity contribution in [3.8, 4) is 0 Å². The lowest BCUT2D eigenvalue weighted by atomic mass is 9.96. The molecule has 3 nitrogen and oxygen atoms in total. The Labute approximate surface area is 160 Å². The van der Waals surface area contributed by atoms with Crippen molar-refractivity contribution in [3.05, 3.63) is 57.8 Å². The summed E-state index contributed by atoms with van der Waals surface area (Å²) in [5.41, 5.74) is 2.62. The van der Waals surface area contributed by atoms with Crippen LogP contribution in [0.2, 0.25) is 0 Å². The van der Waals surface area contributed by atoms with E-state index in [0.717, 1.165) is 0 Å². The molecule has 0 amide bonds. The van der Waals surface area contributed by atoms with Crippen molar-refractivity contribution in [2.75, 3.05) is 7.11 Å². The maximum absolute atomic E-state index is 11.6. The monoisotopic (exact) mass is 372 g/mol. The van der Waals surface area contributed by atoms with Gasteiger partial charge in [-0.25, -0.2) is 4.79 Å². The van der Waals surface area contributed by atoms with Gasteiger partial charge in [-0.2, -0.15) is 0 Å². The maximum Gasteiger partial charge on any atom is 0.338 e. The van der Waals surface area contributed by atoms with Crippen LogP contribution in [-0.2, 0) is 20.7 Å². The summed E-state index contributed by atoms with van der Waals surface area (Å²) in [4.78, 5) is 13.0. The van der Waals surface area contributed by atoms with Crippen LogP contribution in [0.5, 0.6) is 0 Å². The van der Waals surface area contributed by atoms with Gasteiger partial charge in [-0.3, -0.25) is 0 Å². The van der Waals surface area contributed by atoms with Gasteiger partial charge >= 0.3 is 5.97 Å². The van der Waals surface area contributed by atoms with E-state index in [9.17, 15) is 4.79 Å². The number of aryl methyl sites for hydroxylation is 1. The fraction of sp³-hybridized carbons (Fsp3) is 0.500. The van der Waals surface area contributed by atoms with Crippen molar-refractivity contribution in [1.82, 2.24) is 0 Å². The molecule has 1 aliphatic rings. The summed E-state index contributed by atoms with van der Waals surface area (Å²) in [6.45, 7) is 2.29. The summed E-state index contributed by atoms with van der Waals surface area (Å²) < 4.78 is 10.3. The molecule has 1 aromatic heterocycles. The van der Waals surface area contributed by atoms with Gasteiger partial charge in [0.25, 0.3) is 0 Å². The van der Waals surface area contributed by atoms with Gasteiger partial charge in [0, 0.05) is 4.88 Å². The van der Waals surface area contributed by atoms with Crippen LogP contribution in [-0.4, -0.2) is 19.2 Å². The SMILES string of the molecule is COC(=O)C1OC1c1ccsc1C(C)CCCCCCc1ccccc1. The molecule has 2 heterocycles. The van der Waals surface area contributed by atoms with E-state index in [4.69, 9.17) is 9.47 Å². The van der Waals surface area contributed by atoms with Gasteiger partial charge in [-0.15, -0.1) is 11.3 Å². The molecule has 3 rings (SSSR count). The average molecular weight is 373 g/mol. The number of ether oxygens (including phenoxy) is 2. The van der Waals surface area contributed by atoms with Crippen LogP contribution in [0.3, 0.4) is 0 Å². The van der Waals surface area contributed by atoms with Crippen LogP contribution >= 0.6 is 11.3 Å². The Hall–Kier alpha value is -1.65. The smallest absolute Gasteiger partial charge is 0.338 e. The minimum absolute atomic E-state index is 0.1000. The number of rotatable bonds is 10. The molecule has 0 bridgehead atoms. The first-order chi connectivity index (χ1) is 12.7. The summed E-state index contributed by atoms with van der Waals surface area (Å²) in [5, 5.41) is 2.11. The molecule has 1 fully saturated rings. The Kier molecular flexibility index (Phi) is 6.86. The molecule has 3 atom stereocenters. The zero-order chi connectivity index (χ0) is 18.4. The van der Waals surface area contributed by atoms with E-state index < -0.39 is 6.10 Å². The molecule has 0 aliphatic carbocycles. The fourth-order valence-corrected chi connectivity index (χ4v) is 4.55. The predicted molar refractivity (Wildman–Crippen MR) is 106 cm³/mol. The van der Waals surface area contributed by atoms with Crippen LogP contribution in [0, 0.1) is 0 Å². The number of methoxy groups -OCH3 is 1. The topological polar surface area (TPSA) is 38.8 Å². The van der Waals surface area contributed by atoms with Gasteiger partial charge in [-0.1, -0.05) is 56.5 Å². The molecule has 1 aromatic carbocycles. The van der Waals surface area contributed by atoms with Gasteiger partial charge in [0.1, 0.15) is 6.10 Å². The van der Waals surface area contributed by atoms with Crippen LogP contribution in [0.25, 0.3) is 0 Å². The second kappa shape index (κ2) is 9.33. The van der Waals surface area contributed by atoms with Gasteiger partial charge in [0.2, 0.25) is 0 Å². The highest BCUT2D eigenvalue weighted by molar-refractivity contribution is 7.10. The molecule has 0 radical (unpaired) electrons. The Balaban J connectivity index is 1.37. The lowest BCUT2D eigenvalue weighted by molar-refractivity contribution is -0.142. The van der Waals surface area contributed by atoms with E-state index in [2.05, 4.69) is 48.7 Å². The maximum atomic E-state index is 11.6. The van der Waals surface area contributed by atoms with Crippen molar-refractivity contribution in [2.24, 2.45) is 0 Å². The Morgan fingerprint density at radius 1 is 1.15 bits per heavy atom. The molecule has 1 saturated heterocycles. The zero-order valence-electron chi connectivity index (χ0n) is 15.6. The standard InChI is InChI=1S/C22H28O3S/c1-16(10-6-3-4-7-11-17-12-8-5-9-13-17)21-18(14-15-26-21)19-20(25-19)22(23)24-2/h5,8-9,12-16,19-20H,3-4,6-7,10-11H2,1-2H3. The Bertz CT molecular complexity index is 694. The van der Waals surface area contributed by atoms with Crippen molar-refractivity contribution >= 4 is 17.3 Å². The molecule has 0 saturated carbocycles. The lowest BCUT2D eigenvalue weighted by Gasteiger charge is -2.11. The highest BCUT2D eigenvalue weighted by Crippen LogP contribution is 2.45. The molecule has 140 valence electrons. The van der Waals surface area contributed by atoms with E-state index in [1.165, 1.54) is 61.6 Å². The van der Waals surface area contributed by atoms with Gasteiger partial charge < -0.3 is 9.47 Å². The van der Waals surface area contributed by atoms with Gasteiger partial charge in [-0.05, 0) is 47.8 Å². The van der Waals surface area contributed by atoms with E-state index >= 15 is 0 Å². The summed E-state index contributed by atoms with van der Waals surface area (Å²) in [6, 6.07) is 12.8. The van der Waals surface area contributed by atoms with Crippen LogP contribution in [0.1, 0.15) is 67.1 Å². The van der Waals surface area contributed by atoms with Crippen molar-refractivity contribution in [3.63, 3.8) is 0 Å². The van der Waals surface area contributed by atoms with E-state index in [0.29, 0.717) is 5.92 Å². The summed E-state index contributed by atoms with van der Waals surface area (Å²) >= 11 is 1.78. The number of benzene rings is 1. The summed E-state index contributed by atoms with van der Waals surface area (Å²) in [7, 11) is 1.41. The number of unbranched alkanes of at least 4 members (excludes halogenated alkanes) is 3. The molecule has 4 heteroatoms. The largest absolute Gasteiger partial charge is 0.467 e. The molecule has 0 spiro atoms. The first-order valence-corrected chi connectivity index (χ1v) is 10.4. The highest BCUT2D eigenvalue weighted by Gasteiger charge is 2.48. The molecular formula is C22H28O3S. The molecule has 2 aromatic rings. The number of hydrogen-bond donors (Lipinski definition) is 0. The minimum Gasteiger partial charge on any atom is -0.467 e. The normalized spacial score (nSPS) is 19.9. The number of thiophene rings is 1. The third-order valence-electron chi connectivity index (χ3n) is 5.10. The highest BCUT2D eigenvalue weighted by atomic mass is 32.1. The van der Waals surface area contributed by atoms with Crippen molar-refractivity contribution < 1.29 is 14.3 Å². The molecular weight excluding hydrogens is 344 g/mol.